The molecule has 0 radical (unpaired) electrons. The van der Waals surface area contributed by atoms with Gasteiger partial charge in [-0.1, -0.05) is 25.8 Å². The molecule has 2 atom stereocenters. The lowest BCUT2D eigenvalue weighted by molar-refractivity contribution is 0.293. The largest absolute Gasteiger partial charge is 0.382 e. The van der Waals surface area contributed by atoms with Crippen molar-refractivity contribution in [3.63, 3.8) is 0 Å². The van der Waals surface area contributed by atoms with Gasteiger partial charge in [0, 0.05) is 24.5 Å². The molecule has 2 heterocycles. The number of pyridine rings is 1. The molecule has 2 unspecified atom stereocenters. The molecule has 0 aliphatic heterocycles. The Kier molecular flexibility index (Phi) is 4.39. The highest BCUT2D eigenvalue weighted by Crippen LogP contribution is 2.37. The SMILES string of the molecule is CC1CCCC(CNc2snc(N)c2-c2cccnc2)C1. The van der Waals surface area contributed by atoms with Crippen molar-refractivity contribution in [3.05, 3.63) is 24.5 Å². The Morgan fingerprint density at radius 3 is 3.10 bits per heavy atom. The summed E-state index contributed by atoms with van der Waals surface area (Å²) < 4.78 is 4.30. The molecule has 21 heavy (non-hydrogen) atoms. The van der Waals surface area contributed by atoms with E-state index in [0.717, 1.165) is 34.5 Å². The van der Waals surface area contributed by atoms with Crippen LogP contribution in [0.5, 0.6) is 0 Å². The number of nitrogens with one attached hydrogen (secondary N) is 1. The van der Waals surface area contributed by atoms with E-state index in [2.05, 4.69) is 21.6 Å². The molecule has 1 aliphatic carbocycles. The van der Waals surface area contributed by atoms with Crippen LogP contribution in [0.3, 0.4) is 0 Å². The lowest BCUT2D eigenvalue weighted by Crippen LogP contribution is -2.20. The molecule has 2 aromatic heterocycles. The average molecular weight is 302 g/mol. The maximum atomic E-state index is 6.04. The van der Waals surface area contributed by atoms with Gasteiger partial charge >= 0.3 is 0 Å². The Balaban J connectivity index is 1.72. The van der Waals surface area contributed by atoms with Gasteiger partial charge in [-0.15, -0.1) is 0 Å². The Labute approximate surface area is 130 Å². The molecule has 5 heteroatoms. The molecule has 1 fully saturated rings. The molecule has 2 aromatic rings. The number of hydrogen-bond donors (Lipinski definition) is 2. The summed E-state index contributed by atoms with van der Waals surface area (Å²) in [6.45, 7) is 3.37. The molecule has 0 bridgehead atoms. The molecule has 0 aromatic carbocycles. The second kappa shape index (κ2) is 6.43. The summed E-state index contributed by atoms with van der Waals surface area (Å²) in [4.78, 5) is 4.18. The van der Waals surface area contributed by atoms with Gasteiger partial charge in [-0.25, -0.2) is 0 Å². The fraction of sp³-hybridized carbons (Fsp3) is 0.500. The standard InChI is InChI=1S/C16H22N4S/c1-11-4-2-5-12(8-11)9-19-16-14(15(17)20-21-16)13-6-3-7-18-10-13/h3,6-7,10-12,19H,2,4-5,8-9H2,1H3,(H2,17,20). The van der Waals surface area contributed by atoms with Gasteiger partial charge in [-0.2, -0.15) is 4.37 Å². The van der Waals surface area contributed by atoms with E-state index in [4.69, 9.17) is 5.73 Å². The number of nitrogens with two attached hydrogens (primary N) is 1. The van der Waals surface area contributed by atoms with Crippen LogP contribution in [0, 0.1) is 11.8 Å². The van der Waals surface area contributed by atoms with E-state index < -0.39 is 0 Å². The molecule has 112 valence electrons. The van der Waals surface area contributed by atoms with Crippen molar-refractivity contribution in [2.75, 3.05) is 17.6 Å². The highest BCUT2D eigenvalue weighted by Gasteiger charge is 2.20. The lowest BCUT2D eigenvalue weighted by atomic mass is 9.82. The van der Waals surface area contributed by atoms with E-state index in [1.807, 2.05) is 18.3 Å². The van der Waals surface area contributed by atoms with Crippen LogP contribution in [0.25, 0.3) is 11.1 Å². The highest BCUT2D eigenvalue weighted by atomic mass is 32.1. The number of aromatic nitrogens is 2. The number of nitrogen functional groups attached to an aromatic ring is 1. The molecule has 4 nitrogen and oxygen atoms in total. The maximum absolute atomic E-state index is 6.04. The van der Waals surface area contributed by atoms with Crippen molar-refractivity contribution >= 4 is 22.4 Å². The van der Waals surface area contributed by atoms with Crippen LogP contribution in [0.1, 0.15) is 32.6 Å². The maximum Gasteiger partial charge on any atom is 0.147 e. The third kappa shape index (κ3) is 3.35. The first-order valence-corrected chi connectivity index (χ1v) is 8.40. The van der Waals surface area contributed by atoms with E-state index in [1.165, 1.54) is 37.2 Å². The van der Waals surface area contributed by atoms with Gasteiger partial charge in [-0.3, -0.25) is 4.98 Å². The zero-order valence-electron chi connectivity index (χ0n) is 12.4. The van der Waals surface area contributed by atoms with E-state index in [9.17, 15) is 0 Å². The second-order valence-corrected chi connectivity index (χ2v) is 6.81. The molecule has 0 saturated heterocycles. The van der Waals surface area contributed by atoms with Crippen LogP contribution in [0.15, 0.2) is 24.5 Å². The zero-order chi connectivity index (χ0) is 14.7. The molecule has 3 rings (SSSR count). The first kappa shape index (κ1) is 14.3. The smallest absolute Gasteiger partial charge is 0.147 e. The molecule has 3 N–H and O–H groups in total. The number of rotatable bonds is 4. The van der Waals surface area contributed by atoms with Crippen LogP contribution in [-0.2, 0) is 0 Å². The fourth-order valence-corrected chi connectivity index (χ4v) is 3.94. The van der Waals surface area contributed by atoms with Crippen LogP contribution < -0.4 is 11.1 Å². The Morgan fingerprint density at radius 2 is 2.33 bits per heavy atom. The minimum absolute atomic E-state index is 0.590. The minimum atomic E-state index is 0.590. The van der Waals surface area contributed by atoms with Gasteiger partial charge in [0.25, 0.3) is 0 Å². The van der Waals surface area contributed by atoms with Gasteiger partial charge < -0.3 is 11.1 Å². The minimum Gasteiger partial charge on any atom is -0.382 e. The quantitative estimate of drug-likeness (QED) is 0.895. The molecule has 1 saturated carbocycles. The topological polar surface area (TPSA) is 63.8 Å². The summed E-state index contributed by atoms with van der Waals surface area (Å²) in [5.41, 5.74) is 8.06. The Morgan fingerprint density at radius 1 is 1.43 bits per heavy atom. The second-order valence-electron chi connectivity index (χ2n) is 6.03. The van der Waals surface area contributed by atoms with Crippen molar-refractivity contribution < 1.29 is 0 Å². The monoisotopic (exact) mass is 302 g/mol. The summed E-state index contributed by atoms with van der Waals surface area (Å²) in [6.07, 6.45) is 9.00. The van der Waals surface area contributed by atoms with Gasteiger partial charge in [0.05, 0.1) is 5.56 Å². The Bertz CT molecular complexity index is 581. The van der Waals surface area contributed by atoms with Crippen LogP contribution in [0.4, 0.5) is 10.8 Å². The lowest BCUT2D eigenvalue weighted by Gasteiger charge is -2.27. The van der Waals surface area contributed by atoms with Crippen LogP contribution in [-0.4, -0.2) is 15.9 Å². The molecular weight excluding hydrogens is 280 g/mol. The van der Waals surface area contributed by atoms with E-state index >= 15 is 0 Å². The van der Waals surface area contributed by atoms with Crippen molar-refractivity contribution in [2.45, 2.75) is 32.6 Å². The third-order valence-electron chi connectivity index (χ3n) is 4.26. The molecular formula is C16H22N4S. The summed E-state index contributed by atoms with van der Waals surface area (Å²) in [7, 11) is 0. The van der Waals surface area contributed by atoms with Crippen LogP contribution >= 0.6 is 11.5 Å². The predicted octanol–water partition coefficient (Wildman–Crippen LogP) is 4.03. The van der Waals surface area contributed by atoms with Crippen molar-refractivity contribution in [1.29, 1.82) is 0 Å². The van der Waals surface area contributed by atoms with E-state index in [0.29, 0.717) is 5.82 Å². The summed E-state index contributed by atoms with van der Waals surface area (Å²) in [5.74, 6) is 2.21. The van der Waals surface area contributed by atoms with Crippen molar-refractivity contribution in [2.24, 2.45) is 11.8 Å². The number of nitrogens with zero attached hydrogens (tertiary/aromatic N) is 2. The van der Waals surface area contributed by atoms with Gasteiger partial charge in [0.2, 0.25) is 0 Å². The Hall–Kier alpha value is -1.62. The zero-order valence-corrected chi connectivity index (χ0v) is 13.2. The normalized spacial score (nSPS) is 22.1. The average Bonchev–Trinajstić information content (AvgIpc) is 2.87. The third-order valence-corrected chi connectivity index (χ3v) is 5.08. The molecule has 1 aliphatic rings. The summed E-state index contributed by atoms with van der Waals surface area (Å²) >= 11 is 1.45. The van der Waals surface area contributed by atoms with E-state index in [1.54, 1.807) is 6.20 Å². The van der Waals surface area contributed by atoms with Crippen molar-refractivity contribution in [3.8, 4) is 11.1 Å². The molecule has 0 spiro atoms. The van der Waals surface area contributed by atoms with Gasteiger partial charge in [0.1, 0.15) is 10.8 Å². The number of hydrogen-bond acceptors (Lipinski definition) is 5. The molecule has 0 amide bonds. The first-order chi connectivity index (χ1) is 10.2. The van der Waals surface area contributed by atoms with E-state index in [-0.39, 0.29) is 0 Å². The predicted molar refractivity (Wildman–Crippen MR) is 89.4 cm³/mol. The van der Waals surface area contributed by atoms with Crippen LogP contribution in [0.2, 0.25) is 0 Å². The first-order valence-electron chi connectivity index (χ1n) is 7.63. The number of anilines is 2. The summed E-state index contributed by atoms with van der Waals surface area (Å²) in [6, 6.07) is 3.96. The highest BCUT2D eigenvalue weighted by molar-refractivity contribution is 7.11. The summed E-state index contributed by atoms with van der Waals surface area (Å²) in [5, 5.41) is 4.64. The van der Waals surface area contributed by atoms with Gasteiger partial charge in [-0.05, 0) is 42.3 Å². The van der Waals surface area contributed by atoms with Gasteiger partial charge in [0.15, 0.2) is 0 Å². The van der Waals surface area contributed by atoms with Crippen molar-refractivity contribution in [1.82, 2.24) is 9.36 Å². The fourth-order valence-electron chi connectivity index (χ4n) is 3.19.